The second-order valence-electron chi connectivity index (χ2n) is 4.45. The molecule has 0 fully saturated rings. The quantitative estimate of drug-likeness (QED) is 0.881. The lowest BCUT2D eigenvalue weighted by atomic mass is 10.1. The van der Waals surface area contributed by atoms with E-state index in [4.69, 9.17) is 9.15 Å². The number of hydrogen-bond acceptors (Lipinski definition) is 3. The van der Waals surface area contributed by atoms with Gasteiger partial charge < -0.3 is 14.3 Å². The van der Waals surface area contributed by atoms with Crippen molar-refractivity contribution in [2.45, 2.75) is 26.1 Å². The lowest BCUT2D eigenvalue weighted by Gasteiger charge is -2.03. The minimum Gasteiger partial charge on any atom is -0.461 e. The highest BCUT2D eigenvalue weighted by atomic mass is 16.5. The van der Waals surface area contributed by atoms with Gasteiger partial charge in [0.15, 0.2) is 0 Å². The first-order chi connectivity index (χ1) is 8.69. The number of hydrogen-bond donors (Lipinski definition) is 1. The zero-order valence-corrected chi connectivity index (χ0v) is 10.7. The molecule has 3 heteroatoms. The number of methoxy groups -OCH3 is 1. The Balaban J connectivity index is 2.20. The first kappa shape index (κ1) is 12.9. The zero-order chi connectivity index (χ0) is 13.0. The lowest BCUT2D eigenvalue weighted by molar-refractivity contribution is 0.185. The summed E-state index contributed by atoms with van der Waals surface area (Å²) in [6.07, 6.45) is 0.154. The smallest absolute Gasteiger partial charge is 0.134 e. The van der Waals surface area contributed by atoms with Gasteiger partial charge in [0.05, 0.1) is 12.7 Å². The minimum atomic E-state index is -0.385. The summed E-state index contributed by atoms with van der Waals surface area (Å²) in [5, 5.41) is 9.32. The van der Waals surface area contributed by atoms with Crippen molar-refractivity contribution in [1.82, 2.24) is 0 Å². The molecule has 2 aromatic rings. The maximum atomic E-state index is 9.32. The van der Waals surface area contributed by atoms with Crippen molar-refractivity contribution in [3.05, 3.63) is 47.7 Å². The molecule has 0 aliphatic carbocycles. The van der Waals surface area contributed by atoms with Crippen LogP contribution in [-0.4, -0.2) is 18.3 Å². The number of aliphatic hydroxyl groups excluding tert-OH is 1. The van der Waals surface area contributed by atoms with Crippen molar-refractivity contribution in [1.29, 1.82) is 0 Å². The summed E-state index contributed by atoms with van der Waals surface area (Å²) < 4.78 is 10.8. The van der Waals surface area contributed by atoms with Gasteiger partial charge in [-0.05, 0) is 30.7 Å². The average Bonchev–Trinajstić information content (AvgIpc) is 2.77. The van der Waals surface area contributed by atoms with Crippen LogP contribution in [0.15, 0.2) is 40.8 Å². The second-order valence-corrected chi connectivity index (χ2v) is 4.45. The zero-order valence-electron chi connectivity index (χ0n) is 10.7. The fourth-order valence-electron chi connectivity index (χ4n) is 1.91. The van der Waals surface area contributed by atoms with Crippen LogP contribution < -0.4 is 0 Å². The van der Waals surface area contributed by atoms with Gasteiger partial charge in [-0.15, -0.1) is 0 Å². The number of furan rings is 1. The van der Waals surface area contributed by atoms with Gasteiger partial charge in [-0.3, -0.25) is 0 Å². The van der Waals surface area contributed by atoms with Crippen LogP contribution in [-0.2, 0) is 17.8 Å². The van der Waals surface area contributed by atoms with Crippen molar-refractivity contribution >= 4 is 0 Å². The Labute approximate surface area is 107 Å². The normalized spacial score (nSPS) is 12.6. The molecule has 3 nitrogen and oxygen atoms in total. The van der Waals surface area contributed by atoms with E-state index in [9.17, 15) is 5.11 Å². The number of benzene rings is 1. The van der Waals surface area contributed by atoms with E-state index in [1.165, 1.54) is 0 Å². The monoisotopic (exact) mass is 246 g/mol. The third-order valence-electron chi connectivity index (χ3n) is 2.68. The first-order valence-corrected chi connectivity index (χ1v) is 6.04. The molecule has 1 N–H and O–H groups in total. The van der Waals surface area contributed by atoms with Gasteiger partial charge in [0, 0.05) is 19.1 Å². The molecule has 0 amide bonds. The molecule has 0 spiro atoms. The summed E-state index contributed by atoms with van der Waals surface area (Å²) in [4.78, 5) is 0. The maximum absolute atomic E-state index is 9.32. The molecule has 1 atom stereocenters. The first-order valence-electron chi connectivity index (χ1n) is 6.04. The summed E-state index contributed by atoms with van der Waals surface area (Å²) in [5.41, 5.74) is 2.14. The number of rotatable bonds is 5. The Morgan fingerprint density at radius 2 is 2.11 bits per heavy atom. The highest BCUT2D eigenvalue weighted by molar-refractivity contribution is 5.58. The van der Waals surface area contributed by atoms with Crippen LogP contribution in [0.5, 0.6) is 0 Å². The van der Waals surface area contributed by atoms with Crippen molar-refractivity contribution < 1.29 is 14.3 Å². The molecule has 96 valence electrons. The van der Waals surface area contributed by atoms with Crippen molar-refractivity contribution in [3.8, 4) is 11.3 Å². The standard InChI is InChI=1S/C15H18O3/c1-11(16)8-14-6-7-15(18-14)13-5-3-4-12(9-13)10-17-2/h3-7,9,11,16H,8,10H2,1-2H3. The van der Waals surface area contributed by atoms with E-state index >= 15 is 0 Å². The van der Waals surface area contributed by atoms with Gasteiger partial charge in [-0.1, -0.05) is 18.2 Å². The van der Waals surface area contributed by atoms with E-state index in [-0.39, 0.29) is 6.10 Å². The summed E-state index contributed by atoms with van der Waals surface area (Å²) >= 11 is 0. The molecule has 0 aliphatic heterocycles. The molecule has 0 saturated carbocycles. The van der Waals surface area contributed by atoms with E-state index in [2.05, 4.69) is 6.07 Å². The third kappa shape index (κ3) is 3.22. The second kappa shape index (κ2) is 5.85. The molecule has 0 saturated heterocycles. The molecule has 0 bridgehead atoms. The Kier molecular flexibility index (Phi) is 4.18. The molecule has 18 heavy (non-hydrogen) atoms. The molecule has 0 aliphatic rings. The van der Waals surface area contributed by atoms with Gasteiger partial charge in [-0.2, -0.15) is 0 Å². The molecule has 2 rings (SSSR count). The van der Waals surface area contributed by atoms with Crippen LogP contribution >= 0.6 is 0 Å². The summed E-state index contributed by atoms with van der Waals surface area (Å²) in [6, 6.07) is 11.9. The van der Waals surface area contributed by atoms with Gasteiger partial charge in [0.25, 0.3) is 0 Å². The fraction of sp³-hybridized carbons (Fsp3) is 0.333. The molecule has 1 aromatic heterocycles. The van der Waals surface area contributed by atoms with Crippen LogP contribution in [0.2, 0.25) is 0 Å². The highest BCUT2D eigenvalue weighted by Gasteiger charge is 2.07. The SMILES string of the molecule is COCc1cccc(-c2ccc(CC(C)O)o2)c1. The topological polar surface area (TPSA) is 42.6 Å². The molecule has 0 radical (unpaired) electrons. The average molecular weight is 246 g/mol. The summed E-state index contributed by atoms with van der Waals surface area (Å²) in [6.45, 7) is 2.34. The summed E-state index contributed by atoms with van der Waals surface area (Å²) in [5.74, 6) is 1.63. The number of aliphatic hydroxyl groups is 1. The van der Waals surface area contributed by atoms with E-state index in [1.54, 1.807) is 14.0 Å². The maximum Gasteiger partial charge on any atom is 0.134 e. The Morgan fingerprint density at radius 1 is 1.28 bits per heavy atom. The highest BCUT2D eigenvalue weighted by Crippen LogP contribution is 2.24. The van der Waals surface area contributed by atoms with Crippen LogP contribution in [0.25, 0.3) is 11.3 Å². The molecule has 1 unspecified atom stereocenters. The largest absolute Gasteiger partial charge is 0.461 e. The van der Waals surface area contributed by atoms with E-state index in [1.807, 2.05) is 30.3 Å². The van der Waals surface area contributed by atoms with Crippen molar-refractivity contribution in [2.75, 3.05) is 7.11 Å². The Morgan fingerprint density at radius 3 is 2.83 bits per heavy atom. The van der Waals surface area contributed by atoms with Crippen LogP contribution in [0, 0.1) is 0 Å². The van der Waals surface area contributed by atoms with E-state index < -0.39 is 0 Å². The van der Waals surface area contributed by atoms with E-state index in [0.29, 0.717) is 13.0 Å². The molecular formula is C15H18O3. The van der Waals surface area contributed by atoms with Crippen LogP contribution in [0.1, 0.15) is 18.2 Å². The van der Waals surface area contributed by atoms with Crippen molar-refractivity contribution in [2.24, 2.45) is 0 Å². The van der Waals surface area contributed by atoms with Crippen LogP contribution in [0.3, 0.4) is 0 Å². The third-order valence-corrected chi connectivity index (χ3v) is 2.68. The fourth-order valence-corrected chi connectivity index (χ4v) is 1.91. The Bertz CT molecular complexity index is 500. The predicted molar refractivity (Wildman–Crippen MR) is 70.2 cm³/mol. The lowest BCUT2D eigenvalue weighted by Crippen LogP contribution is -2.02. The van der Waals surface area contributed by atoms with Gasteiger partial charge in [0.2, 0.25) is 0 Å². The summed E-state index contributed by atoms with van der Waals surface area (Å²) in [7, 11) is 1.68. The van der Waals surface area contributed by atoms with Gasteiger partial charge >= 0.3 is 0 Å². The number of ether oxygens (including phenoxy) is 1. The minimum absolute atomic E-state index is 0.385. The molecular weight excluding hydrogens is 228 g/mol. The molecule has 1 heterocycles. The van der Waals surface area contributed by atoms with Gasteiger partial charge in [-0.25, -0.2) is 0 Å². The van der Waals surface area contributed by atoms with Crippen molar-refractivity contribution in [3.63, 3.8) is 0 Å². The van der Waals surface area contributed by atoms with Crippen LogP contribution in [0.4, 0.5) is 0 Å². The van der Waals surface area contributed by atoms with E-state index in [0.717, 1.165) is 22.6 Å². The van der Waals surface area contributed by atoms with Gasteiger partial charge in [0.1, 0.15) is 11.5 Å². The Hall–Kier alpha value is -1.58. The molecule has 1 aromatic carbocycles. The predicted octanol–water partition coefficient (Wildman–Crippen LogP) is 3.02.